The van der Waals surface area contributed by atoms with Crippen LogP contribution in [0, 0.1) is 0 Å². The van der Waals surface area contributed by atoms with Crippen molar-refractivity contribution in [3.63, 3.8) is 0 Å². The summed E-state index contributed by atoms with van der Waals surface area (Å²) in [6, 6.07) is 11.2. The van der Waals surface area contributed by atoms with E-state index in [-0.39, 0.29) is 23.2 Å². The van der Waals surface area contributed by atoms with Gasteiger partial charge in [0.25, 0.3) is 0 Å². The summed E-state index contributed by atoms with van der Waals surface area (Å²) in [5.41, 5.74) is 0.857. The minimum atomic E-state index is -1.98. The summed E-state index contributed by atoms with van der Waals surface area (Å²) in [5, 5.41) is 0.132. The van der Waals surface area contributed by atoms with E-state index in [1.54, 1.807) is 0 Å². The predicted octanol–water partition coefficient (Wildman–Crippen LogP) is 6.27. The molecule has 0 radical (unpaired) electrons. The number of piperidine rings is 1. The zero-order chi connectivity index (χ0) is 23.9. The van der Waals surface area contributed by atoms with E-state index in [1.165, 1.54) is 10.0 Å². The van der Waals surface area contributed by atoms with E-state index in [0.717, 1.165) is 25.0 Å². The molecule has 178 valence electrons. The van der Waals surface area contributed by atoms with Crippen LogP contribution in [0.25, 0.3) is 0 Å². The van der Waals surface area contributed by atoms with Crippen molar-refractivity contribution in [2.24, 2.45) is 0 Å². The quantitative estimate of drug-likeness (QED) is 0.346. The number of benzene rings is 1. The molecule has 2 fully saturated rings. The fraction of sp³-hybridized carbons (Fsp3) is 0.654. The Hall–Kier alpha value is -1.23. The number of allylic oxidation sites excluding steroid dienone is 1. The van der Waals surface area contributed by atoms with Crippen LogP contribution >= 0.6 is 0 Å². The zero-order valence-electron chi connectivity index (χ0n) is 21.3. The molecule has 1 aromatic carbocycles. The van der Waals surface area contributed by atoms with E-state index in [1.807, 2.05) is 25.7 Å². The number of carbonyl (C=O) groups is 1. The Kier molecular flexibility index (Phi) is 7.29. The number of nitrogens with zero attached hydrogens (tertiary/aromatic N) is 1. The number of amides is 1. The van der Waals surface area contributed by atoms with Gasteiger partial charge in [0.1, 0.15) is 0 Å². The monoisotopic (exact) mass is 523 g/mol. The molecule has 3 atom stereocenters. The summed E-state index contributed by atoms with van der Waals surface area (Å²) in [6.45, 7) is 19.4. The van der Waals surface area contributed by atoms with Crippen molar-refractivity contribution in [1.29, 1.82) is 0 Å². The van der Waals surface area contributed by atoms with Crippen LogP contribution in [0.2, 0.25) is 22.9 Å². The summed E-state index contributed by atoms with van der Waals surface area (Å²) in [6.07, 6.45) is 2.87. The Balaban J connectivity index is 1.98. The Morgan fingerprint density at radius 1 is 1.06 bits per heavy atom. The normalized spacial score (nSPS) is 25.5. The molecule has 4 nitrogen and oxygen atoms in total. The Bertz CT molecular complexity index is 854. The van der Waals surface area contributed by atoms with Crippen LogP contribution < -0.4 is 4.46 Å². The first-order valence-corrected chi connectivity index (χ1v) is 16.6. The maximum atomic E-state index is 13.2. The summed E-state index contributed by atoms with van der Waals surface area (Å²) in [5.74, 6) is 1.05. The van der Waals surface area contributed by atoms with E-state index in [0.29, 0.717) is 19.8 Å². The summed E-state index contributed by atoms with van der Waals surface area (Å²) in [4.78, 5) is 15.7. The van der Waals surface area contributed by atoms with Crippen molar-refractivity contribution in [3.8, 4) is 0 Å². The van der Waals surface area contributed by atoms with Crippen molar-refractivity contribution in [2.75, 3.05) is 0 Å². The van der Waals surface area contributed by atoms with Crippen LogP contribution in [0.3, 0.4) is 0 Å². The Labute approximate surface area is 202 Å². The van der Waals surface area contributed by atoms with Gasteiger partial charge in [-0.3, -0.25) is 0 Å². The Morgan fingerprint density at radius 3 is 2.25 bits per heavy atom. The molecule has 6 heteroatoms. The van der Waals surface area contributed by atoms with E-state index in [4.69, 9.17) is 9.16 Å². The molecular formula is C26H41NO3SeSi. The third-order valence-corrected chi connectivity index (χ3v) is 14.0. The average molecular weight is 523 g/mol. The number of fused-ring (bicyclic) bond motifs is 2. The van der Waals surface area contributed by atoms with E-state index in [2.05, 4.69) is 71.1 Å². The molecule has 1 aromatic rings. The first kappa shape index (κ1) is 25.4. The van der Waals surface area contributed by atoms with Gasteiger partial charge in [0, 0.05) is 0 Å². The zero-order valence-corrected chi connectivity index (χ0v) is 24.0. The van der Waals surface area contributed by atoms with Crippen molar-refractivity contribution >= 4 is 33.8 Å². The molecule has 32 heavy (non-hydrogen) atoms. The standard InChI is InChI=1S/C26H41NO3SeSi/c1-18(30-32(8,9)26(5,6)7)23-21-16-15-19(27(21)24(28)29-25(2,3)4)17-22(23)31-20-13-11-10-12-14-20/h10-14,19,21-22H,15-17H2,1-9H3/b23-18+/t19-,21+,22?/m1/s1. The topological polar surface area (TPSA) is 38.8 Å². The van der Waals surface area contributed by atoms with Gasteiger partial charge in [0.2, 0.25) is 0 Å². The molecule has 0 N–H and O–H groups in total. The van der Waals surface area contributed by atoms with Crippen molar-refractivity contribution in [3.05, 3.63) is 41.7 Å². The van der Waals surface area contributed by atoms with Crippen LogP contribution in [0.15, 0.2) is 41.7 Å². The number of ether oxygens (including phenoxy) is 1. The fourth-order valence-electron chi connectivity index (χ4n) is 4.43. The summed E-state index contributed by atoms with van der Waals surface area (Å²) < 4.78 is 14.1. The first-order valence-electron chi connectivity index (χ1n) is 11.8. The van der Waals surface area contributed by atoms with Crippen LogP contribution in [0.4, 0.5) is 4.79 Å². The van der Waals surface area contributed by atoms with E-state index in [9.17, 15) is 4.79 Å². The van der Waals surface area contributed by atoms with Gasteiger partial charge in [-0.2, -0.15) is 0 Å². The van der Waals surface area contributed by atoms with E-state index < -0.39 is 13.9 Å². The van der Waals surface area contributed by atoms with Gasteiger partial charge in [0.15, 0.2) is 0 Å². The second-order valence-corrected chi connectivity index (χ2v) is 19.1. The van der Waals surface area contributed by atoms with Crippen molar-refractivity contribution in [2.45, 2.75) is 108 Å². The number of rotatable bonds is 4. The third-order valence-electron chi connectivity index (χ3n) is 6.94. The molecule has 1 amide bonds. The number of hydrogen-bond donors (Lipinski definition) is 0. The molecule has 0 saturated carbocycles. The molecule has 2 heterocycles. The van der Waals surface area contributed by atoms with E-state index >= 15 is 0 Å². The molecule has 2 aliphatic heterocycles. The van der Waals surface area contributed by atoms with Crippen molar-refractivity contribution in [1.82, 2.24) is 4.90 Å². The van der Waals surface area contributed by atoms with Gasteiger partial charge in [-0.25, -0.2) is 0 Å². The minimum absolute atomic E-state index is 0.0870. The molecule has 2 bridgehead atoms. The number of carbonyl (C=O) groups excluding carboxylic acids is 1. The molecule has 0 aromatic heterocycles. The van der Waals surface area contributed by atoms with Crippen LogP contribution in [0.5, 0.6) is 0 Å². The molecule has 2 saturated heterocycles. The SMILES string of the molecule is C/C(O[Si](C)(C)C(C)(C)C)=C1\C([Se]c2ccccc2)C[C@H]2CC[C@@H]1N2C(=O)OC(C)(C)C. The summed E-state index contributed by atoms with van der Waals surface area (Å²) >= 11 is 0.301. The third kappa shape index (κ3) is 5.63. The molecular weight excluding hydrogens is 481 g/mol. The fourth-order valence-corrected chi connectivity index (χ4v) is 8.58. The van der Waals surface area contributed by atoms with Gasteiger partial charge in [0.05, 0.1) is 0 Å². The predicted molar refractivity (Wildman–Crippen MR) is 136 cm³/mol. The molecule has 1 unspecified atom stereocenters. The van der Waals surface area contributed by atoms with Gasteiger partial charge < -0.3 is 0 Å². The molecule has 3 rings (SSSR count). The second kappa shape index (κ2) is 9.19. The Morgan fingerprint density at radius 2 is 1.69 bits per heavy atom. The molecule has 2 aliphatic rings. The van der Waals surface area contributed by atoms with Crippen LogP contribution in [0.1, 0.15) is 67.7 Å². The van der Waals surface area contributed by atoms with Crippen LogP contribution in [-0.2, 0) is 9.16 Å². The second-order valence-electron chi connectivity index (χ2n) is 11.7. The summed E-state index contributed by atoms with van der Waals surface area (Å²) in [7, 11) is -1.98. The van der Waals surface area contributed by atoms with Gasteiger partial charge in [-0.15, -0.1) is 0 Å². The van der Waals surface area contributed by atoms with Gasteiger partial charge >= 0.3 is 203 Å². The van der Waals surface area contributed by atoms with Crippen LogP contribution in [-0.4, -0.2) is 52.0 Å². The molecule has 0 aliphatic carbocycles. The van der Waals surface area contributed by atoms with Gasteiger partial charge in [-0.05, 0) is 0 Å². The number of hydrogen-bond acceptors (Lipinski definition) is 3. The van der Waals surface area contributed by atoms with Gasteiger partial charge in [-0.1, -0.05) is 0 Å². The first-order chi connectivity index (χ1) is 14.7. The average Bonchev–Trinajstić information content (AvgIpc) is 2.94. The molecule has 0 spiro atoms. The maximum absolute atomic E-state index is 13.2. The van der Waals surface area contributed by atoms with Crippen molar-refractivity contribution < 1.29 is 14.0 Å².